The van der Waals surface area contributed by atoms with Gasteiger partial charge in [0.2, 0.25) is 11.1 Å². The molecular weight excluding hydrogens is 568 g/mol. The minimum absolute atomic E-state index is 0.0488. The van der Waals surface area contributed by atoms with Gasteiger partial charge in [0.25, 0.3) is 0 Å². The molecule has 4 rings (SSSR count). The van der Waals surface area contributed by atoms with E-state index in [0.29, 0.717) is 49.1 Å². The molecule has 0 bridgehead atoms. The van der Waals surface area contributed by atoms with E-state index in [-0.39, 0.29) is 6.10 Å². The second-order valence-electron chi connectivity index (χ2n) is 8.30. The highest BCUT2D eigenvalue weighted by Gasteiger charge is 2.36. The van der Waals surface area contributed by atoms with Crippen molar-refractivity contribution in [1.29, 1.82) is 0 Å². The van der Waals surface area contributed by atoms with Crippen LogP contribution in [0.15, 0.2) is 57.3 Å². The van der Waals surface area contributed by atoms with E-state index in [1.807, 2.05) is 57.2 Å². The Hall–Kier alpha value is -2.69. The van der Waals surface area contributed by atoms with Crippen LogP contribution < -0.4 is 14.8 Å². The van der Waals surface area contributed by atoms with Gasteiger partial charge in [-0.15, -0.1) is 5.10 Å². The second kappa shape index (κ2) is 11.1. The highest BCUT2D eigenvalue weighted by Crippen LogP contribution is 2.43. The van der Waals surface area contributed by atoms with Crippen molar-refractivity contribution in [2.45, 2.75) is 43.8 Å². The fourth-order valence-electron chi connectivity index (χ4n) is 3.88. The van der Waals surface area contributed by atoms with Gasteiger partial charge in [0.15, 0.2) is 11.5 Å². The van der Waals surface area contributed by atoms with Crippen molar-refractivity contribution in [1.82, 2.24) is 14.8 Å². The molecule has 36 heavy (non-hydrogen) atoms. The number of anilines is 1. The highest BCUT2D eigenvalue weighted by atomic mass is 79.9. The van der Waals surface area contributed by atoms with Crippen LogP contribution in [0.1, 0.15) is 37.9 Å². The molecule has 2 heterocycles. The SMILES string of the molecule is COC(=O)C1=C(C)Nc2nc(SCc3ccccc3Cl)nn2C1c1cc(Br)c(OC(C)C)c(OC)c1. The number of aromatic nitrogens is 3. The molecular formula is C25H26BrClN4O4S. The van der Waals surface area contributed by atoms with Crippen LogP contribution in [0, 0.1) is 0 Å². The molecule has 8 nitrogen and oxygen atoms in total. The average molecular weight is 594 g/mol. The van der Waals surface area contributed by atoms with Gasteiger partial charge in [-0.05, 0) is 66.0 Å². The standard InChI is InChI=1S/C25H26BrClN4O4S/c1-13(2)35-22-17(26)10-16(11-19(22)33-4)21-20(23(32)34-5)14(3)28-24-29-25(30-31(21)24)36-12-15-8-6-7-9-18(15)27/h6-11,13,21H,12H2,1-5H3,(H,28,29,30). The van der Waals surface area contributed by atoms with E-state index in [1.165, 1.54) is 18.9 Å². The Morgan fingerprint density at radius 1 is 1.28 bits per heavy atom. The van der Waals surface area contributed by atoms with Crippen molar-refractivity contribution < 1.29 is 19.0 Å². The van der Waals surface area contributed by atoms with Crippen LogP contribution in [0.4, 0.5) is 5.95 Å². The summed E-state index contributed by atoms with van der Waals surface area (Å²) in [5.74, 6) is 1.77. The maximum atomic E-state index is 12.9. The minimum Gasteiger partial charge on any atom is -0.493 e. The lowest BCUT2D eigenvalue weighted by Gasteiger charge is -2.28. The second-order valence-corrected chi connectivity index (χ2v) is 10.5. The first-order chi connectivity index (χ1) is 17.2. The van der Waals surface area contributed by atoms with Crippen LogP contribution in [-0.4, -0.2) is 41.1 Å². The number of carbonyl (C=O) groups is 1. The number of allylic oxidation sites excluding steroid dienone is 1. The number of benzene rings is 2. The Morgan fingerprint density at radius 3 is 2.69 bits per heavy atom. The van der Waals surface area contributed by atoms with Crippen LogP contribution in [0.5, 0.6) is 11.5 Å². The summed E-state index contributed by atoms with van der Waals surface area (Å²) >= 11 is 11.4. The lowest BCUT2D eigenvalue weighted by atomic mass is 9.95. The molecule has 190 valence electrons. The third-order valence-corrected chi connectivity index (χ3v) is 7.32. The summed E-state index contributed by atoms with van der Waals surface area (Å²) in [6.07, 6.45) is -0.0488. The van der Waals surface area contributed by atoms with E-state index in [4.69, 9.17) is 30.9 Å². The Bertz CT molecular complexity index is 1330. The fourth-order valence-corrected chi connectivity index (χ4v) is 5.55. The predicted octanol–water partition coefficient (Wildman–Crippen LogP) is 6.24. The molecule has 1 aliphatic heterocycles. The van der Waals surface area contributed by atoms with Crippen LogP contribution in [0.2, 0.25) is 5.02 Å². The third-order valence-electron chi connectivity index (χ3n) is 5.47. The van der Waals surface area contributed by atoms with Gasteiger partial charge < -0.3 is 19.5 Å². The molecule has 0 saturated carbocycles. The van der Waals surface area contributed by atoms with Gasteiger partial charge in [-0.1, -0.05) is 41.6 Å². The largest absolute Gasteiger partial charge is 0.493 e. The normalized spacial score (nSPS) is 14.9. The number of thioether (sulfide) groups is 1. The van der Waals surface area contributed by atoms with Crippen molar-refractivity contribution >= 4 is 51.2 Å². The summed E-state index contributed by atoms with van der Waals surface area (Å²) in [6, 6.07) is 10.8. The van der Waals surface area contributed by atoms with Crippen LogP contribution >= 0.6 is 39.3 Å². The molecule has 0 amide bonds. The van der Waals surface area contributed by atoms with E-state index < -0.39 is 12.0 Å². The van der Waals surface area contributed by atoms with E-state index in [0.717, 1.165) is 11.1 Å². The summed E-state index contributed by atoms with van der Waals surface area (Å²) < 4.78 is 19.1. The number of nitrogens with zero attached hydrogens (tertiary/aromatic N) is 3. The van der Waals surface area contributed by atoms with Gasteiger partial charge in [-0.3, -0.25) is 0 Å². The molecule has 1 aromatic heterocycles. The number of nitrogens with one attached hydrogen (secondary N) is 1. The number of ether oxygens (including phenoxy) is 3. The summed E-state index contributed by atoms with van der Waals surface area (Å²) in [7, 11) is 2.94. The average Bonchev–Trinajstić information content (AvgIpc) is 3.25. The predicted molar refractivity (Wildman–Crippen MR) is 144 cm³/mol. The van der Waals surface area contributed by atoms with E-state index in [1.54, 1.807) is 11.8 Å². The number of rotatable bonds is 8. The Kier molecular flexibility index (Phi) is 8.17. The molecule has 0 spiro atoms. The van der Waals surface area contributed by atoms with Crippen LogP contribution in [0.25, 0.3) is 0 Å². The topological polar surface area (TPSA) is 87.5 Å². The van der Waals surface area contributed by atoms with E-state index in [2.05, 4.69) is 26.2 Å². The first-order valence-electron chi connectivity index (χ1n) is 11.2. The Labute approximate surface area is 227 Å². The zero-order valence-electron chi connectivity index (χ0n) is 20.5. The summed E-state index contributed by atoms with van der Waals surface area (Å²) in [6.45, 7) is 5.70. The first-order valence-corrected chi connectivity index (χ1v) is 13.3. The van der Waals surface area contributed by atoms with Crippen molar-refractivity contribution in [3.63, 3.8) is 0 Å². The van der Waals surface area contributed by atoms with E-state index in [9.17, 15) is 4.79 Å². The van der Waals surface area contributed by atoms with Gasteiger partial charge in [0.05, 0.1) is 30.4 Å². The molecule has 11 heteroatoms. The zero-order valence-corrected chi connectivity index (χ0v) is 23.6. The number of hydrogen-bond donors (Lipinski definition) is 1. The molecule has 3 aromatic rings. The minimum atomic E-state index is -0.603. The molecule has 0 radical (unpaired) electrons. The van der Waals surface area contributed by atoms with E-state index >= 15 is 0 Å². The van der Waals surface area contributed by atoms with Crippen molar-refractivity contribution in [2.24, 2.45) is 0 Å². The van der Waals surface area contributed by atoms with Crippen molar-refractivity contribution in [3.8, 4) is 11.5 Å². The number of hydrogen-bond acceptors (Lipinski definition) is 8. The maximum Gasteiger partial charge on any atom is 0.338 e. The maximum absolute atomic E-state index is 12.9. The molecule has 1 aliphatic rings. The zero-order chi connectivity index (χ0) is 26.0. The molecule has 2 aromatic carbocycles. The van der Waals surface area contributed by atoms with Crippen LogP contribution in [0.3, 0.4) is 0 Å². The number of esters is 1. The van der Waals surface area contributed by atoms with Crippen molar-refractivity contribution in [2.75, 3.05) is 19.5 Å². The number of carbonyl (C=O) groups excluding carboxylic acids is 1. The highest BCUT2D eigenvalue weighted by molar-refractivity contribution is 9.10. The monoisotopic (exact) mass is 592 g/mol. The Morgan fingerprint density at radius 2 is 2.03 bits per heavy atom. The number of methoxy groups -OCH3 is 2. The summed E-state index contributed by atoms with van der Waals surface area (Å²) in [5.41, 5.74) is 2.79. The number of halogens is 2. The van der Waals surface area contributed by atoms with Crippen LogP contribution in [-0.2, 0) is 15.3 Å². The summed E-state index contributed by atoms with van der Waals surface area (Å²) in [4.78, 5) is 17.6. The molecule has 1 unspecified atom stereocenters. The molecule has 0 fully saturated rings. The molecule has 1 atom stereocenters. The van der Waals surface area contributed by atoms with Gasteiger partial charge in [0.1, 0.15) is 6.04 Å². The lowest BCUT2D eigenvalue weighted by molar-refractivity contribution is -0.136. The van der Waals surface area contributed by atoms with Gasteiger partial charge in [-0.2, -0.15) is 4.98 Å². The third kappa shape index (κ3) is 5.35. The Balaban J connectivity index is 1.77. The molecule has 0 aliphatic carbocycles. The first kappa shape index (κ1) is 26.4. The lowest BCUT2D eigenvalue weighted by Crippen LogP contribution is -2.29. The van der Waals surface area contributed by atoms with Gasteiger partial charge >= 0.3 is 5.97 Å². The smallest absolute Gasteiger partial charge is 0.338 e. The fraction of sp³-hybridized carbons (Fsp3) is 0.320. The summed E-state index contributed by atoms with van der Waals surface area (Å²) in [5, 5.41) is 9.18. The number of fused-ring (bicyclic) bond motifs is 1. The molecule has 1 N–H and O–H groups in total. The molecule has 0 saturated heterocycles. The van der Waals surface area contributed by atoms with Crippen molar-refractivity contribution in [3.05, 3.63) is 68.3 Å². The van der Waals surface area contributed by atoms with Gasteiger partial charge in [-0.25, -0.2) is 9.48 Å². The van der Waals surface area contributed by atoms with Gasteiger partial charge in [0, 0.05) is 16.5 Å². The quantitative estimate of drug-likeness (QED) is 0.242.